The fourth-order valence-electron chi connectivity index (χ4n) is 2.42. The number of benzene rings is 2. The van der Waals surface area contributed by atoms with Crippen molar-refractivity contribution in [1.29, 1.82) is 0 Å². The van der Waals surface area contributed by atoms with E-state index in [0.29, 0.717) is 0 Å². The molecule has 0 aliphatic heterocycles. The van der Waals surface area contributed by atoms with Crippen molar-refractivity contribution in [2.75, 3.05) is 0 Å². The summed E-state index contributed by atoms with van der Waals surface area (Å²) in [6.07, 6.45) is 2.63. The van der Waals surface area contributed by atoms with Crippen molar-refractivity contribution >= 4 is 11.6 Å². The highest BCUT2D eigenvalue weighted by atomic mass is 35.5. The zero-order valence-corrected chi connectivity index (χ0v) is 12.8. The Morgan fingerprint density at radius 2 is 1.90 bits per heavy atom. The van der Waals surface area contributed by atoms with E-state index in [1.54, 1.807) is 0 Å². The first-order chi connectivity index (χ1) is 9.63. The maximum absolute atomic E-state index is 6.28. The zero-order valence-electron chi connectivity index (χ0n) is 12.0. The lowest BCUT2D eigenvalue weighted by atomic mass is 9.96. The molecule has 3 rings (SSSR count). The quantitative estimate of drug-likeness (QED) is 0.844. The average Bonchev–Trinajstić information content (AvgIpc) is 3.24. The van der Waals surface area contributed by atoms with Gasteiger partial charge in [0.05, 0.1) is 0 Å². The topological polar surface area (TPSA) is 12.0 Å². The van der Waals surface area contributed by atoms with Crippen molar-refractivity contribution in [3.05, 3.63) is 58.1 Å². The molecule has 1 N–H and O–H groups in total. The van der Waals surface area contributed by atoms with Gasteiger partial charge in [0.15, 0.2) is 0 Å². The molecule has 0 amide bonds. The predicted octanol–water partition coefficient (Wildman–Crippen LogP) is 4.88. The maximum atomic E-state index is 6.28. The van der Waals surface area contributed by atoms with Crippen molar-refractivity contribution in [2.24, 2.45) is 0 Å². The molecular formula is C18H20ClN. The van der Waals surface area contributed by atoms with E-state index in [9.17, 15) is 0 Å². The summed E-state index contributed by atoms with van der Waals surface area (Å²) in [4.78, 5) is 0. The minimum absolute atomic E-state index is 0.728. The maximum Gasteiger partial charge on any atom is 0.0441 e. The van der Waals surface area contributed by atoms with Gasteiger partial charge in [-0.2, -0.15) is 0 Å². The Morgan fingerprint density at radius 1 is 1.10 bits per heavy atom. The van der Waals surface area contributed by atoms with Gasteiger partial charge in [0.2, 0.25) is 0 Å². The molecular weight excluding hydrogens is 266 g/mol. The van der Waals surface area contributed by atoms with Crippen LogP contribution < -0.4 is 5.32 Å². The molecule has 1 aliphatic carbocycles. The second-order valence-electron chi connectivity index (χ2n) is 5.78. The molecule has 1 nitrogen and oxygen atoms in total. The van der Waals surface area contributed by atoms with Crippen LogP contribution in [0.1, 0.15) is 29.5 Å². The molecule has 0 radical (unpaired) electrons. The van der Waals surface area contributed by atoms with Crippen LogP contribution in [0.15, 0.2) is 36.4 Å². The molecule has 0 saturated heterocycles. The highest BCUT2D eigenvalue weighted by molar-refractivity contribution is 6.31. The molecule has 0 bridgehead atoms. The van der Waals surface area contributed by atoms with Gasteiger partial charge in [0, 0.05) is 17.6 Å². The van der Waals surface area contributed by atoms with Crippen molar-refractivity contribution in [3.8, 4) is 11.1 Å². The Labute approximate surface area is 126 Å². The predicted molar refractivity (Wildman–Crippen MR) is 86.2 cm³/mol. The molecule has 0 atom stereocenters. The summed E-state index contributed by atoms with van der Waals surface area (Å²) in [6.45, 7) is 5.11. The van der Waals surface area contributed by atoms with Crippen LogP contribution in [-0.4, -0.2) is 6.04 Å². The Bertz CT molecular complexity index is 629. The minimum Gasteiger partial charge on any atom is -0.310 e. The second kappa shape index (κ2) is 5.59. The monoisotopic (exact) mass is 285 g/mol. The Balaban J connectivity index is 1.96. The number of hydrogen-bond donors (Lipinski definition) is 1. The normalized spacial score (nSPS) is 14.6. The largest absolute Gasteiger partial charge is 0.310 e. The third-order valence-corrected chi connectivity index (χ3v) is 4.31. The van der Waals surface area contributed by atoms with Crippen LogP contribution in [0.5, 0.6) is 0 Å². The molecule has 2 heteroatoms. The molecule has 20 heavy (non-hydrogen) atoms. The number of halogens is 1. The molecule has 0 unspecified atom stereocenters. The smallest absolute Gasteiger partial charge is 0.0441 e. The third kappa shape index (κ3) is 3.05. The number of hydrogen-bond acceptors (Lipinski definition) is 1. The molecule has 1 saturated carbocycles. The van der Waals surface area contributed by atoms with Crippen LogP contribution in [0.2, 0.25) is 5.02 Å². The molecule has 1 aliphatic rings. The van der Waals surface area contributed by atoms with E-state index in [4.69, 9.17) is 11.6 Å². The van der Waals surface area contributed by atoms with Gasteiger partial charge in [-0.1, -0.05) is 47.5 Å². The summed E-state index contributed by atoms with van der Waals surface area (Å²) in [7, 11) is 0. The first kappa shape index (κ1) is 13.7. The number of rotatable bonds is 4. The third-order valence-electron chi connectivity index (χ3n) is 3.91. The van der Waals surface area contributed by atoms with E-state index in [-0.39, 0.29) is 0 Å². The second-order valence-corrected chi connectivity index (χ2v) is 6.19. The first-order valence-corrected chi connectivity index (χ1v) is 7.61. The van der Waals surface area contributed by atoms with Gasteiger partial charge in [0.25, 0.3) is 0 Å². The number of nitrogens with one attached hydrogen (secondary N) is 1. The van der Waals surface area contributed by atoms with Crippen LogP contribution in [-0.2, 0) is 6.54 Å². The highest BCUT2D eigenvalue weighted by Crippen LogP contribution is 2.29. The summed E-state index contributed by atoms with van der Waals surface area (Å²) in [5.41, 5.74) is 6.26. The van der Waals surface area contributed by atoms with E-state index in [2.05, 4.69) is 48.6 Å². The van der Waals surface area contributed by atoms with Crippen LogP contribution in [0.4, 0.5) is 0 Å². The molecule has 0 heterocycles. The van der Waals surface area contributed by atoms with Gasteiger partial charge in [-0.25, -0.2) is 0 Å². The summed E-state index contributed by atoms with van der Waals surface area (Å²) in [5, 5.41) is 4.43. The van der Waals surface area contributed by atoms with Crippen molar-refractivity contribution in [1.82, 2.24) is 5.32 Å². The first-order valence-electron chi connectivity index (χ1n) is 7.23. The van der Waals surface area contributed by atoms with Gasteiger partial charge in [-0.05, 0) is 55.0 Å². The van der Waals surface area contributed by atoms with Crippen molar-refractivity contribution < 1.29 is 0 Å². The summed E-state index contributed by atoms with van der Waals surface area (Å²) in [5.74, 6) is 0. The fraction of sp³-hybridized carbons (Fsp3) is 0.333. The Morgan fingerprint density at radius 3 is 2.60 bits per heavy atom. The summed E-state index contributed by atoms with van der Waals surface area (Å²) in [6, 6.07) is 13.7. The van der Waals surface area contributed by atoms with Crippen LogP contribution in [0, 0.1) is 13.8 Å². The van der Waals surface area contributed by atoms with Gasteiger partial charge in [-0.15, -0.1) is 0 Å². The van der Waals surface area contributed by atoms with Crippen LogP contribution >= 0.6 is 11.6 Å². The Hall–Kier alpha value is -1.31. The molecule has 2 aromatic carbocycles. The van der Waals surface area contributed by atoms with Crippen molar-refractivity contribution in [3.63, 3.8) is 0 Å². The highest BCUT2D eigenvalue weighted by Gasteiger charge is 2.20. The SMILES string of the molecule is Cc1ccc(CNC2CC2)c(-c2ccc(C)c(Cl)c2)c1. The molecule has 0 aromatic heterocycles. The average molecular weight is 286 g/mol. The van der Waals surface area contributed by atoms with Crippen LogP contribution in [0.3, 0.4) is 0 Å². The molecule has 2 aromatic rings. The van der Waals surface area contributed by atoms with E-state index < -0.39 is 0 Å². The standard InChI is InChI=1S/C18H20ClN/c1-12-3-5-15(11-20-16-7-8-16)17(9-12)14-6-4-13(2)18(19)10-14/h3-6,9-10,16,20H,7-8,11H2,1-2H3. The molecule has 1 fully saturated rings. The van der Waals surface area contributed by atoms with E-state index in [1.165, 1.54) is 35.1 Å². The lowest BCUT2D eigenvalue weighted by Gasteiger charge is -2.13. The Kier molecular flexibility index (Phi) is 3.82. The van der Waals surface area contributed by atoms with E-state index in [1.807, 2.05) is 6.92 Å². The minimum atomic E-state index is 0.728. The molecule has 0 spiro atoms. The van der Waals surface area contributed by atoms with Crippen molar-refractivity contribution in [2.45, 2.75) is 39.3 Å². The number of aryl methyl sites for hydroxylation is 2. The van der Waals surface area contributed by atoms with Gasteiger partial charge in [-0.3, -0.25) is 0 Å². The lowest BCUT2D eigenvalue weighted by Crippen LogP contribution is -2.15. The summed E-state index contributed by atoms with van der Waals surface area (Å²) < 4.78 is 0. The lowest BCUT2D eigenvalue weighted by molar-refractivity contribution is 0.688. The van der Waals surface area contributed by atoms with E-state index >= 15 is 0 Å². The van der Waals surface area contributed by atoms with Gasteiger partial charge >= 0.3 is 0 Å². The fourth-order valence-corrected chi connectivity index (χ4v) is 2.60. The van der Waals surface area contributed by atoms with Crippen LogP contribution in [0.25, 0.3) is 11.1 Å². The van der Waals surface area contributed by atoms with Gasteiger partial charge in [0.1, 0.15) is 0 Å². The summed E-state index contributed by atoms with van der Waals surface area (Å²) >= 11 is 6.28. The van der Waals surface area contributed by atoms with E-state index in [0.717, 1.165) is 23.2 Å². The molecule has 104 valence electrons. The zero-order chi connectivity index (χ0) is 14.1. The van der Waals surface area contributed by atoms with Gasteiger partial charge < -0.3 is 5.32 Å².